The Balaban J connectivity index is 1.92. The zero-order valence-electron chi connectivity index (χ0n) is 11.0. The number of oxime groups is 1. The van der Waals surface area contributed by atoms with Gasteiger partial charge in [-0.3, -0.25) is 0 Å². The monoisotopic (exact) mass is 265 g/mol. The Morgan fingerprint density at radius 2 is 1.80 bits per heavy atom. The van der Waals surface area contributed by atoms with E-state index >= 15 is 0 Å². The summed E-state index contributed by atoms with van der Waals surface area (Å²) < 4.78 is 5.42. The molecule has 2 aromatic rings. The lowest BCUT2D eigenvalue weighted by Gasteiger charge is -2.05. The molecule has 0 saturated carbocycles. The molecule has 2 aromatic carbocycles. The number of rotatable bonds is 6. The molecule has 0 heterocycles. The highest BCUT2D eigenvalue weighted by molar-refractivity contribution is 5.83. The van der Waals surface area contributed by atoms with Crippen LogP contribution in [0.25, 0.3) is 0 Å². The Labute approximate surface area is 118 Å². The van der Waals surface area contributed by atoms with E-state index in [0.717, 1.165) is 11.1 Å². The van der Waals surface area contributed by atoms with Crippen molar-refractivity contribution in [2.24, 2.45) is 5.16 Å². The lowest BCUT2D eigenvalue weighted by Crippen LogP contribution is -1.97. The van der Waals surface area contributed by atoms with Crippen LogP contribution in [-0.2, 0) is 11.4 Å². The van der Waals surface area contributed by atoms with Gasteiger partial charge in [-0.05, 0) is 17.7 Å². The van der Waals surface area contributed by atoms with Gasteiger partial charge in [0.25, 0.3) is 0 Å². The summed E-state index contributed by atoms with van der Waals surface area (Å²) in [6.07, 6.45) is 6.80. The second kappa shape index (κ2) is 7.65. The summed E-state index contributed by atoms with van der Waals surface area (Å²) >= 11 is 0. The van der Waals surface area contributed by atoms with Crippen LogP contribution in [0.3, 0.4) is 0 Å². The van der Waals surface area contributed by atoms with Gasteiger partial charge < -0.3 is 9.57 Å². The van der Waals surface area contributed by atoms with Crippen molar-refractivity contribution in [1.82, 2.24) is 0 Å². The number of benzene rings is 2. The maximum atomic E-state index is 5.42. The first-order valence-electron chi connectivity index (χ1n) is 6.24. The Kier molecular flexibility index (Phi) is 5.24. The molecule has 100 valence electrons. The number of nitrogens with zero attached hydrogens (tertiary/aromatic N) is 1. The van der Waals surface area contributed by atoms with Crippen molar-refractivity contribution in [2.75, 3.05) is 6.61 Å². The van der Waals surface area contributed by atoms with E-state index in [1.807, 2.05) is 54.6 Å². The van der Waals surface area contributed by atoms with Crippen molar-refractivity contribution >= 4 is 6.21 Å². The highest BCUT2D eigenvalue weighted by atomic mass is 16.6. The normalized spacial score (nSPS) is 10.2. The standard InChI is InChI=1S/C17H15NO2/c1-2-12-19-17-11-7-6-10-16(17)13-18-20-14-15-8-4-3-5-9-15/h1,3-11,13H,12,14H2/b18-13+. The molecule has 0 aliphatic rings. The average molecular weight is 265 g/mol. The predicted octanol–water partition coefficient (Wildman–Crippen LogP) is 3.25. The van der Waals surface area contributed by atoms with Crippen LogP contribution in [0, 0.1) is 12.3 Å². The molecule has 0 amide bonds. The molecular weight excluding hydrogens is 250 g/mol. The smallest absolute Gasteiger partial charge is 0.148 e. The largest absolute Gasteiger partial charge is 0.480 e. The van der Waals surface area contributed by atoms with E-state index in [0.29, 0.717) is 12.4 Å². The maximum Gasteiger partial charge on any atom is 0.148 e. The number of para-hydroxylation sites is 1. The first kappa shape index (κ1) is 13.7. The summed E-state index contributed by atoms with van der Waals surface area (Å²) in [6.45, 7) is 0.667. The molecule has 3 heteroatoms. The summed E-state index contributed by atoms with van der Waals surface area (Å²) in [5, 5.41) is 3.95. The van der Waals surface area contributed by atoms with Crippen LogP contribution in [0.5, 0.6) is 5.75 Å². The Bertz CT molecular complexity index is 600. The molecule has 0 aliphatic carbocycles. The lowest BCUT2D eigenvalue weighted by molar-refractivity contribution is 0.132. The number of ether oxygens (including phenoxy) is 1. The van der Waals surface area contributed by atoms with Crippen LogP contribution >= 0.6 is 0 Å². The van der Waals surface area contributed by atoms with Crippen molar-refractivity contribution in [1.29, 1.82) is 0 Å². The minimum atomic E-state index is 0.232. The van der Waals surface area contributed by atoms with Crippen LogP contribution in [0.1, 0.15) is 11.1 Å². The van der Waals surface area contributed by atoms with E-state index in [9.17, 15) is 0 Å². The summed E-state index contributed by atoms with van der Waals surface area (Å²) in [7, 11) is 0. The fraction of sp³-hybridized carbons (Fsp3) is 0.118. The summed E-state index contributed by atoms with van der Waals surface area (Å²) in [5.41, 5.74) is 1.90. The molecule has 0 spiro atoms. The minimum absolute atomic E-state index is 0.232. The molecule has 0 unspecified atom stereocenters. The van der Waals surface area contributed by atoms with E-state index in [1.165, 1.54) is 0 Å². The van der Waals surface area contributed by atoms with Gasteiger partial charge in [0.15, 0.2) is 0 Å². The third-order valence-corrected chi connectivity index (χ3v) is 2.57. The van der Waals surface area contributed by atoms with Gasteiger partial charge >= 0.3 is 0 Å². The fourth-order valence-corrected chi connectivity index (χ4v) is 1.62. The van der Waals surface area contributed by atoms with Gasteiger partial charge in [0.1, 0.15) is 19.0 Å². The summed E-state index contributed by atoms with van der Waals surface area (Å²) in [6, 6.07) is 17.4. The summed E-state index contributed by atoms with van der Waals surface area (Å²) in [5.74, 6) is 3.13. The molecule has 0 aliphatic heterocycles. The van der Waals surface area contributed by atoms with E-state index in [2.05, 4.69) is 11.1 Å². The van der Waals surface area contributed by atoms with Crippen LogP contribution in [0.4, 0.5) is 0 Å². The molecule has 0 bridgehead atoms. The van der Waals surface area contributed by atoms with Gasteiger partial charge in [0.05, 0.1) is 6.21 Å². The quantitative estimate of drug-likeness (QED) is 0.456. The third-order valence-electron chi connectivity index (χ3n) is 2.57. The average Bonchev–Trinajstić information content (AvgIpc) is 2.51. The van der Waals surface area contributed by atoms with Crippen LogP contribution in [0.15, 0.2) is 59.8 Å². The molecule has 0 saturated heterocycles. The molecule has 2 rings (SSSR count). The second-order valence-electron chi connectivity index (χ2n) is 4.02. The molecule has 0 atom stereocenters. The zero-order valence-corrected chi connectivity index (χ0v) is 11.0. The van der Waals surface area contributed by atoms with Crippen molar-refractivity contribution in [3.05, 3.63) is 65.7 Å². The Morgan fingerprint density at radius 1 is 1.05 bits per heavy atom. The molecule has 0 radical (unpaired) electrons. The van der Waals surface area contributed by atoms with Gasteiger partial charge in [0, 0.05) is 5.56 Å². The number of terminal acetylenes is 1. The molecule has 20 heavy (non-hydrogen) atoms. The van der Waals surface area contributed by atoms with Crippen LogP contribution in [-0.4, -0.2) is 12.8 Å². The van der Waals surface area contributed by atoms with Gasteiger partial charge in [0.2, 0.25) is 0 Å². The Hall–Kier alpha value is -2.73. The van der Waals surface area contributed by atoms with Gasteiger partial charge in [-0.25, -0.2) is 0 Å². The highest BCUT2D eigenvalue weighted by Gasteiger charge is 1.99. The second-order valence-corrected chi connectivity index (χ2v) is 4.02. The van der Waals surface area contributed by atoms with Crippen LogP contribution in [0.2, 0.25) is 0 Å². The molecule has 0 N–H and O–H groups in total. The van der Waals surface area contributed by atoms with Crippen LogP contribution < -0.4 is 4.74 Å². The molecule has 3 nitrogen and oxygen atoms in total. The van der Waals surface area contributed by atoms with Gasteiger partial charge in [-0.1, -0.05) is 53.5 Å². The number of hydrogen-bond acceptors (Lipinski definition) is 3. The molecular formula is C17H15NO2. The topological polar surface area (TPSA) is 30.8 Å². The molecule has 0 aromatic heterocycles. The first-order valence-corrected chi connectivity index (χ1v) is 6.24. The van der Waals surface area contributed by atoms with Gasteiger partial charge in [-0.2, -0.15) is 0 Å². The van der Waals surface area contributed by atoms with Crippen molar-refractivity contribution < 1.29 is 9.57 Å². The van der Waals surface area contributed by atoms with E-state index in [1.54, 1.807) is 6.21 Å². The molecule has 0 fully saturated rings. The third kappa shape index (κ3) is 4.18. The SMILES string of the molecule is C#CCOc1ccccc1/C=N/OCc1ccccc1. The minimum Gasteiger partial charge on any atom is -0.480 e. The number of hydrogen-bond donors (Lipinski definition) is 0. The van der Waals surface area contributed by atoms with Gasteiger partial charge in [-0.15, -0.1) is 6.42 Å². The maximum absolute atomic E-state index is 5.42. The Morgan fingerprint density at radius 3 is 2.60 bits per heavy atom. The first-order chi connectivity index (χ1) is 9.90. The lowest BCUT2D eigenvalue weighted by atomic mass is 10.2. The van der Waals surface area contributed by atoms with Crippen molar-refractivity contribution in [2.45, 2.75) is 6.61 Å². The fourth-order valence-electron chi connectivity index (χ4n) is 1.62. The van der Waals surface area contributed by atoms with Crippen molar-refractivity contribution in [3.8, 4) is 18.1 Å². The van der Waals surface area contributed by atoms with Crippen molar-refractivity contribution in [3.63, 3.8) is 0 Å². The van der Waals surface area contributed by atoms with E-state index in [4.69, 9.17) is 16.0 Å². The highest BCUT2D eigenvalue weighted by Crippen LogP contribution is 2.15. The van der Waals surface area contributed by atoms with E-state index in [-0.39, 0.29) is 6.61 Å². The summed E-state index contributed by atoms with van der Waals surface area (Å²) in [4.78, 5) is 5.26. The zero-order chi connectivity index (χ0) is 14.0. The predicted molar refractivity (Wildman–Crippen MR) is 79.6 cm³/mol. The van der Waals surface area contributed by atoms with E-state index < -0.39 is 0 Å².